The fourth-order valence-corrected chi connectivity index (χ4v) is 5.20. The van der Waals surface area contributed by atoms with E-state index in [0.29, 0.717) is 45.3 Å². The summed E-state index contributed by atoms with van der Waals surface area (Å²) in [5.41, 5.74) is 0.902. The van der Waals surface area contributed by atoms with Crippen molar-refractivity contribution >= 4 is 27.5 Å². The Morgan fingerprint density at radius 1 is 1.11 bits per heavy atom. The highest BCUT2D eigenvalue weighted by molar-refractivity contribution is 7.89. The van der Waals surface area contributed by atoms with Gasteiger partial charge in [-0.3, -0.25) is 9.59 Å². The van der Waals surface area contributed by atoms with Crippen LogP contribution in [-0.2, 0) is 24.3 Å². The van der Waals surface area contributed by atoms with Crippen LogP contribution < -0.4 is 4.90 Å². The molecule has 2 heterocycles. The second-order valence-corrected chi connectivity index (χ2v) is 9.17. The van der Waals surface area contributed by atoms with Crippen molar-refractivity contribution < 1.29 is 22.7 Å². The zero-order valence-corrected chi connectivity index (χ0v) is 16.6. The lowest BCUT2D eigenvalue weighted by molar-refractivity contribution is -0.151. The second kappa shape index (κ2) is 7.98. The van der Waals surface area contributed by atoms with Crippen LogP contribution in [0.5, 0.6) is 0 Å². The van der Waals surface area contributed by atoms with Crippen LogP contribution in [-0.4, -0.2) is 56.3 Å². The maximum atomic E-state index is 13.0. The molecule has 3 rings (SSSR count). The van der Waals surface area contributed by atoms with Gasteiger partial charge in [-0.25, -0.2) is 8.42 Å². The van der Waals surface area contributed by atoms with Gasteiger partial charge in [0.15, 0.2) is 0 Å². The van der Waals surface area contributed by atoms with Gasteiger partial charge in [0.25, 0.3) is 0 Å². The summed E-state index contributed by atoms with van der Waals surface area (Å²) in [6.07, 6.45) is 1.88. The van der Waals surface area contributed by atoms with Gasteiger partial charge in [0.2, 0.25) is 10.0 Å². The normalized spacial score (nSPS) is 21.7. The van der Waals surface area contributed by atoms with Gasteiger partial charge in [-0.05, 0) is 51.0 Å². The van der Waals surface area contributed by atoms with E-state index in [1.165, 1.54) is 4.31 Å². The van der Waals surface area contributed by atoms with E-state index in [1.807, 2.05) is 0 Å². The Hall–Kier alpha value is -1.93. The van der Waals surface area contributed by atoms with Crippen LogP contribution in [0.15, 0.2) is 29.2 Å². The smallest absolute Gasteiger partial charge is 0.324 e. The molecule has 0 radical (unpaired) electrons. The van der Waals surface area contributed by atoms with Gasteiger partial charge in [-0.1, -0.05) is 0 Å². The Labute approximate surface area is 160 Å². The minimum absolute atomic E-state index is 0.170. The lowest BCUT2D eigenvalue weighted by atomic mass is 10.1. The first-order valence-corrected chi connectivity index (χ1v) is 10.8. The van der Waals surface area contributed by atoms with E-state index < -0.39 is 22.0 Å². The molecular weight excluding hydrogens is 368 g/mol. The van der Waals surface area contributed by atoms with Crippen molar-refractivity contribution in [3.8, 4) is 0 Å². The fourth-order valence-electron chi connectivity index (χ4n) is 3.55. The van der Waals surface area contributed by atoms with E-state index in [1.54, 1.807) is 38.1 Å². The standard InChI is InChI=1S/C19H26N2O5S/c1-14(2)26-19(23)18-4-3-11-21(18)27(24,25)17-7-5-15(6-8-17)20-12-9-16(22)10-13-20/h5-8,14,18H,3-4,9-13H2,1-2H3. The summed E-state index contributed by atoms with van der Waals surface area (Å²) in [6, 6.07) is 5.92. The molecule has 0 bridgehead atoms. The Morgan fingerprint density at radius 2 is 1.74 bits per heavy atom. The number of nitrogens with zero attached hydrogens (tertiary/aromatic N) is 2. The topological polar surface area (TPSA) is 84.0 Å². The summed E-state index contributed by atoms with van der Waals surface area (Å²) in [5.74, 6) is -0.223. The van der Waals surface area contributed by atoms with Crippen molar-refractivity contribution in [3.63, 3.8) is 0 Å². The highest BCUT2D eigenvalue weighted by atomic mass is 32.2. The number of esters is 1. The number of carbonyl (C=O) groups is 2. The van der Waals surface area contributed by atoms with E-state index >= 15 is 0 Å². The second-order valence-electron chi connectivity index (χ2n) is 7.28. The van der Waals surface area contributed by atoms with Crippen LogP contribution in [0.4, 0.5) is 5.69 Å². The Morgan fingerprint density at radius 3 is 2.33 bits per heavy atom. The monoisotopic (exact) mass is 394 g/mol. The van der Waals surface area contributed by atoms with Gasteiger partial charge in [0, 0.05) is 38.2 Å². The number of anilines is 1. The van der Waals surface area contributed by atoms with E-state index in [2.05, 4.69) is 4.90 Å². The minimum atomic E-state index is -3.77. The molecular formula is C19H26N2O5S. The van der Waals surface area contributed by atoms with E-state index in [-0.39, 0.29) is 16.8 Å². The molecule has 2 saturated heterocycles. The van der Waals surface area contributed by atoms with Crippen LogP contribution in [0.2, 0.25) is 0 Å². The molecule has 8 heteroatoms. The van der Waals surface area contributed by atoms with Crippen LogP contribution in [0.1, 0.15) is 39.5 Å². The quantitative estimate of drug-likeness (QED) is 0.710. The van der Waals surface area contributed by atoms with Crippen molar-refractivity contribution in [1.29, 1.82) is 0 Å². The van der Waals surface area contributed by atoms with Gasteiger partial charge >= 0.3 is 5.97 Å². The Balaban J connectivity index is 1.76. The summed E-state index contributed by atoms with van der Waals surface area (Å²) in [7, 11) is -3.77. The zero-order valence-electron chi connectivity index (χ0n) is 15.8. The molecule has 2 aliphatic rings. The molecule has 148 valence electrons. The van der Waals surface area contributed by atoms with Crippen LogP contribution >= 0.6 is 0 Å². The molecule has 2 aliphatic heterocycles. The minimum Gasteiger partial charge on any atom is -0.462 e. The lowest BCUT2D eigenvalue weighted by Gasteiger charge is -2.28. The molecule has 1 atom stereocenters. The summed E-state index contributed by atoms with van der Waals surface area (Å²) in [5, 5.41) is 0. The molecule has 1 aromatic rings. The number of carbonyl (C=O) groups excluding carboxylic acids is 2. The molecule has 0 spiro atoms. The Bertz CT molecular complexity index is 794. The van der Waals surface area contributed by atoms with Gasteiger partial charge in [-0.2, -0.15) is 4.31 Å². The molecule has 0 saturated carbocycles. The number of ketones is 1. The predicted molar refractivity (Wildman–Crippen MR) is 101 cm³/mol. The van der Waals surface area contributed by atoms with Gasteiger partial charge in [0.1, 0.15) is 11.8 Å². The SMILES string of the molecule is CC(C)OC(=O)C1CCCN1S(=O)(=O)c1ccc(N2CCC(=O)CC2)cc1. The van der Waals surface area contributed by atoms with Crippen LogP contribution in [0.3, 0.4) is 0 Å². The van der Waals surface area contributed by atoms with E-state index in [0.717, 1.165) is 5.69 Å². The largest absolute Gasteiger partial charge is 0.462 e. The zero-order chi connectivity index (χ0) is 19.6. The first-order chi connectivity index (χ1) is 12.8. The third kappa shape index (κ3) is 4.32. The molecule has 0 aliphatic carbocycles. The van der Waals surface area contributed by atoms with E-state index in [4.69, 9.17) is 4.74 Å². The average Bonchev–Trinajstić information content (AvgIpc) is 3.13. The molecule has 0 amide bonds. The van der Waals surface area contributed by atoms with E-state index in [9.17, 15) is 18.0 Å². The average molecular weight is 394 g/mol. The van der Waals surface area contributed by atoms with Crippen molar-refractivity contribution in [3.05, 3.63) is 24.3 Å². The number of ether oxygens (including phenoxy) is 1. The van der Waals surface area contributed by atoms with Crippen molar-refractivity contribution in [2.45, 2.75) is 56.6 Å². The predicted octanol–water partition coefficient (Wildman–Crippen LogP) is 1.96. The fraction of sp³-hybridized carbons (Fsp3) is 0.579. The van der Waals surface area contributed by atoms with Crippen molar-refractivity contribution in [2.24, 2.45) is 0 Å². The first kappa shape index (κ1) is 19.8. The van der Waals surface area contributed by atoms with Crippen molar-refractivity contribution in [2.75, 3.05) is 24.5 Å². The molecule has 27 heavy (non-hydrogen) atoms. The summed E-state index contributed by atoms with van der Waals surface area (Å²) < 4.78 is 32.5. The third-order valence-corrected chi connectivity index (χ3v) is 6.88. The number of Topliss-reactive ketones (excluding diaryl/α,β-unsaturated/α-hetero) is 1. The van der Waals surface area contributed by atoms with Gasteiger partial charge in [-0.15, -0.1) is 0 Å². The number of piperidine rings is 1. The molecule has 0 N–H and O–H groups in total. The molecule has 2 fully saturated rings. The number of rotatable bonds is 5. The van der Waals surface area contributed by atoms with Gasteiger partial charge < -0.3 is 9.64 Å². The number of benzene rings is 1. The molecule has 7 nitrogen and oxygen atoms in total. The Kier molecular flexibility index (Phi) is 5.86. The summed E-state index contributed by atoms with van der Waals surface area (Å²) in [6.45, 7) is 5.12. The summed E-state index contributed by atoms with van der Waals surface area (Å²) >= 11 is 0. The third-order valence-electron chi connectivity index (χ3n) is 4.96. The highest BCUT2D eigenvalue weighted by Crippen LogP contribution is 2.28. The van der Waals surface area contributed by atoms with Gasteiger partial charge in [0.05, 0.1) is 11.0 Å². The first-order valence-electron chi connectivity index (χ1n) is 9.38. The van der Waals surface area contributed by atoms with Crippen LogP contribution in [0, 0.1) is 0 Å². The number of sulfonamides is 1. The number of hydrogen-bond donors (Lipinski definition) is 0. The molecule has 1 unspecified atom stereocenters. The maximum Gasteiger partial charge on any atom is 0.324 e. The number of hydrogen-bond acceptors (Lipinski definition) is 6. The van der Waals surface area contributed by atoms with Crippen molar-refractivity contribution in [1.82, 2.24) is 4.31 Å². The summed E-state index contributed by atoms with van der Waals surface area (Å²) in [4.78, 5) is 25.9. The molecule has 1 aromatic carbocycles. The van der Waals surface area contributed by atoms with Crippen LogP contribution in [0.25, 0.3) is 0 Å². The molecule has 0 aromatic heterocycles. The maximum absolute atomic E-state index is 13.0. The highest BCUT2D eigenvalue weighted by Gasteiger charge is 2.40. The lowest BCUT2D eigenvalue weighted by Crippen LogP contribution is -2.42.